The monoisotopic (exact) mass is 275 g/mol. The first-order valence-corrected chi connectivity index (χ1v) is 7.37. The van der Waals surface area contributed by atoms with Crippen LogP contribution in [0.1, 0.15) is 25.7 Å². The lowest BCUT2D eigenvalue weighted by Gasteiger charge is -2.28. The van der Waals surface area contributed by atoms with E-state index in [0.29, 0.717) is 0 Å². The van der Waals surface area contributed by atoms with Gasteiger partial charge in [-0.1, -0.05) is 11.2 Å². The minimum atomic E-state index is 0.241. The SMILES string of the molecule is c1ccc(N2CCC(=NOC3CCOCC3)CC2)nc1. The maximum atomic E-state index is 5.64. The van der Waals surface area contributed by atoms with Crippen LogP contribution in [0.2, 0.25) is 0 Å². The summed E-state index contributed by atoms with van der Waals surface area (Å²) in [6.07, 6.45) is 5.91. The average Bonchev–Trinajstić information content (AvgIpc) is 2.55. The van der Waals surface area contributed by atoms with E-state index in [9.17, 15) is 0 Å². The van der Waals surface area contributed by atoms with Crippen LogP contribution in [0.15, 0.2) is 29.6 Å². The smallest absolute Gasteiger partial charge is 0.131 e. The van der Waals surface area contributed by atoms with Crippen molar-refractivity contribution in [1.82, 2.24) is 4.98 Å². The van der Waals surface area contributed by atoms with E-state index in [1.165, 1.54) is 5.71 Å². The largest absolute Gasteiger partial charge is 0.392 e. The van der Waals surface area contributed by atoms with Crippen LogP contribution in [-0.2, 0) is 9.57 Å². The van der Waals surface area contributed by atoms with Crippen LogP contribution in [0.3, 0.4) is 0 Å². The molecule has 0 atom stereocenters. The van der Waals surface area contributed by atoms with Crippen molar-refractivity contribution >= 4 is 11.5 Å². The molecule has 2 saturated heterocycles. The molecule has 5 nitrogen and oxygen atoms in total. The van der Waals surface area contributed by atoms with E-state index in [0.717, 1.165) is 57.8 Å². The lowest BCUT2D eigenvalue weighted by molar-refractivity contribution is -0.0304. The van der Waals surface area contributed by atoms with Crippen molar-refractivity contribution in [2.75, 3.05) is 31.2 Å². The molecule has 0 aromatic carbocycles. The van der Waals surface area contributed by atoms with Gasteiger partial charge in [0.15, 0.2) is 0 Å². The highest BCUT2D eigenvalue weighted by atomic mass is 16.6. The second-order valence-electron chi connectivity index (χ2n) is 5.25. The zero-order valence-electron chi connectivity index (χ0n) is 11.7. The minimum absolute atomic E-state index is 0.241. The topological polar surface area (TPSA) is 47.0 Å². The molecule has 5 heteroatoms. The van der Waals surface area contributed by atoms with Crippen molar-refractivity contribution in [3.05, 3.63) is 24.4 Å². The molecule has 20 heavy (non-hydrogen) atoms. The van der Waals surface area contributed by atoms with Gasteiger partial charge in [0.1, 0.15) is 11.9 Å². The molecule has 0 saturated carbocycles. The molecule has 0 amide bonds. The second-order valence-corrected chi connectivity index (χ2v) is 5.25. The summed E-state index contributed by atoms with van der Waals surface area (Å²) in [6.45, 7) is 3.52. The Balaban J connectivity index is 1.48. The van der Waals surface area contributed by atoms with Crippen LogP contribution in [-0.4, -0.2) is 43.1 Å². The molecular formula is C15H21N3O2. The van der Waals surface area contributed by atoms with E-state index < -0.39 is 0 Å². The van der Waals surface area contributed by atoms with Crippen LogP contribution < -0.4 is 4.90 Å². The highest BCUT2D eigenvalue weighted by Gasteiger charge is 2.18. The maximum Gasteiger partial charge on any atom is 0.131 e. The zero-order valence-corrected chi connectivity index (χ0v) is 11.7. The average molecular weight is 275 g/mol. The molecule has 3 rings (SSSR count). The van der Waals surface area contributed by atoms with Crippen molar-refractivity contribution in [3.63, 3.8) is 0 Å². The van der Waals surface area contributed by atoms with Gasteiger partial charge in [-0.05, 0) is 12.1 Å². The van der Waals surface area contributed by atoms with Crippen LogP contribution in [0, 0.1) is 0 Å². The maximum absolute atomic E-state index is 5.64. The standard InChI is InChI=1S/C15H21N3O2/c1-2-8-16-15(3-1)18-9-4-13(5-10-18)17-20-14-6-11-19-12-7-14/h1-3,8,14H,4-7,9-12H2. The number of anilines is 1. The number of nitrogens with zero attached hydrogens (tertiary/aromatic N) is 3. The van der Waals surface area contributed by atoms with Gasteiger partial charge in [-0.2, -0.15) is 0 Å². The number of hydrogen-bond acceptors (Lipinski definition) is 5. The van der Waals surface area contributed by atoms with Crippen molar-refractivity contribution in [3.8, 4) is 0 Å². The fourth-order valence-electron chi connectivity index (χ4n) is 2.56. The van der Waals surface area contributed by atoms with E-state index in [-0.39, 0.29) is 6.10 Å². The number of piperidine rings is 1. The van der Waals surface area contributed by atoms with Crippen LogP contribution in [0.25, 0.3) is 0 Å². The molecule has 0 N–H and O–H groups in total. The molecule has 2 aliphatic rings. The van der Waals surface area contributed by atoms with E-state index in [1.54, 1.807) is 0 Å². The Labute approximate surface area is 119 Å². The van der Waals surface area contributed by atoms with E-state index in [4.69, 9.17) is 9.57 Å². The number of hydrogen-bond donors (Lipinski definition) is 0. The summed E-state index contributed by atoms with van der Waals surface area (Å²) in [5, 5.41) is 4.35. The lowest BCUT2D eigenvalue weighted by atomic mass is 10.1. The van der Waals surface area contributed by atoms with Crippen LogP contribution >= 0.6 is 0 Å². The molecule has 0 bridgehead atoms. The summed E-state index contributed by atoms with van der Waals surface area (Å²) >= 11 is 0. The van der Waals surface area contributed by atoms with Gasteiger partial charge in [0.05, 0.1) is 18.9 Å². The minimum Gasteiger partial charge on any atom is -0.392 e. The Morgan fingerprint density at radius 1 is 1.20 bits per heavy atom. The van der Waals surface area contributed by atoms with Gasteiger partial charge in [0.25, 0.3) is 0 Å². The highest BCUT2D eigenvalue weighted by Crippen LogP contribution is 2.17. The molecule has 2 fully saturated rings. The van der Waals surface area contributed by atoms with E-state index >= 15 is 0 Å². The van der Waals surface area contributed by atoms with Crippen LogP contribution in [0.5, 0.6) is 0 Å². The summed E-state index contributed by atoms with van der Waals surface area (Å²) in [7, 11) is 0. The summed E-state index contributed by atoms with van der Waals surface area (Å²) < 4.78 is 5.31. The predicted octanol–water partition coefficient (Wildman–Crippen LogP) is 2.23. The molecule has 1 aromatic rings. The first-order chi connectivity index (χ1) is 9.92. The molecule has 2 aliphatic heterocycles. The van der Waals surface area contributed by atoms with Gasteiger partial charge in [-0.25, -0.2) is 4.98 Å². The summed E-state index contributed by atoms with van der Waals surface area (Å²) in [5.41, 5.74) is 1.17. The third kappa shape index (κ3) is 3.48. The molecule has 0 spiro atoms. The number of rotatable bonds is 3. The fourth-order valence-corrected chi connectivity index (χ4v) is 2.56. The lowest BCUT2D eigenvalue weighted by Crippen LogP contribution is -2.34. The molecule has 0 unspecified atom stereocenters. The fraction of sp³-hybridized carbons (Fsp3) is 0.600. The Bertz CT molecular complexity index is 434. The van der Waals surface area contributed by atoms with Gasteiger partial charge in [0.2, 0.25) is 0 Å². The molecule has 0 radical (unpaired) electrons. The Morgan fingerprint density at radius 2 is 2.00 bits per heavy atom. The van der Waals surface area contributed by atoms with Gasteiger partial charge in [0, 0.05) is 45.0 Å². The number of ether oxygens (including phenoxy) is 1. The zero-order chi connectivity index (χ0) is 13.6. The van der Waals surface area contributed by atoms with Crippen molar-refractivity contribution < 1.29 is 9.57 Å². The Hall–Kier alpha value is -1.62. The summed E-state index contributed by atoms with van der Waals surface area (Å²) in [5.74, 6) is 1.05. The highest BCUT2D eigenvalue weighted by molar-refractivity contribution is 5.86. The number of pyridine rings is 1. The number of oxime groups is 1. The van der Waals surface area contributed by atoms with Gasteiger partial charge in [-0.15, -0.1) is 0 Å². The van der Waals surface area contributed by atoms with E-state index in [2.05, 4.69) is 21.1 Å². The molecule has 1 aromatic heterocycles. The Kier molecular flexibility index (Phi) is 4.48. The second kappa shape index (κ2) is 6.70. The van der Waals surface area contributed by atoms with E-state index in [1.807, 2.05) is 18.3 Å². The van der Waals surface area contributed by atoms with Gasteiger partial charge >= 0.3 is 0 Å². The quantitative estimate of drug-likeness (QED) is 0.794. The third-order valence-corrected chi connectivity index (χ3v) is 3.81. The normalized spacial score (nSPS) is 20.8. The summed E-state index contributed by atoms with van der Waals surface area (Å²) in [6, 6.07) is 6.03. The van der Waals surface area contributed by atoms with Crippen molar-refractivity contribution in [2.45, 2.75) is 31.8 Å². The third-order valence-electron chi connectivity index (χ3n) is 3.81. The summed E-state index contributed by atoms with van der Waals surface area (Å²) in [4.78, 5) is 12.3. The molecule has 108 valence electrons. The van der Waals surface area contributed by atoms with Crippen molar-refractivity contribution in [1.29, 1.82) is 0 Å². The number of aromatic nitrogens is 1. The van der Waals surface area contributed by atoms with Gasteiger partial charge < -0.3 is 14.5 Å². The van der Waals surface area contributed by atoms with Gasteiger partial charge in [-0.3, -0.25) is 0 Å². The first-order valence-electron chi connectivity index (χ1n) is 7.37. The predicted molar refractivity (Wildman–Crippen MR) is 78.0 cm³/mol. The molecule has 0 aliphatic carbocycles. The molecule has 3 heterocycles. The van der Waals surface area contributed by atoms with Crippen molar-refractivity contribution in [2.24, 2.45) is 5.16 Å². The Morgan fingerprint density at radius 3 is 2.70 bits per heavy atom. The van der Waals surface area contributed by atoms with Crippen LogP contribution in [0.4, 0.5) is 5.82 Å². The molecular weight excluding hydrogens is 254 g/mol. The first kappa shape index (κ1) is 13.4.